The lowest BCUT2D eigenvalue weighted by molar-refractivity contribution is -0.142. The molecule has 1 aliphatic heterocycles. The molecule has 1 atom stereocenters. The highest BCUT2D eigenvalue weighted by Gasteiger charge is 2.28. The third kappa shape index (κ3) is 1.39. The topological polar surface area (TPSA) is 66.8 Å². The van der Waals surface area contributed by atoms with Crippen LogP contribution in [0, 0.1) is 0 Å². The highest BCUT2D eigenvalue weighted by Crippen LogP contribution is 2.12. The minimum absolute atomic E-state index is 0.276. The Bertz CT molecular complexity index is 530. The third-order valence-electron chi connectivity index (χ3n) is 2.32. The minimum Gasteiger partial charge on any atom is -0.508 e. The fourth-order valence-electron chi connectivity index (χ4n) is 1.56. The molecular weight excluding hydrogens is 196 g/mol. The van der Waals surface area contributed by atoms with Crippen molar-refractivity contribution in [2.75, 3.05) is 0 Å². The van der Waals surface area contributed by atoms with Gasteiger partial charge in [-0.15, -0.1) is 0 Å². The molecule has 1 aromatic rings. The second-order valence-electron chi connectivity index (χ2n) is 3.22. The van der Waals surface area contributed by atoms with Crippen molar-refractivity contribution >= 4 is 17.8 Å². The van der Waals surface area contributed by atoms with E-state index in [0.717, 1.165) is 5.22 Å². The van der Waals surface area contributed by atoms with Crippen molar-refractivity contribution in [2.45, 2.75) is 13.0 Å². The van der Waals surface area contributed by atoms with Gasteiger partial charge in [0.1, 0.15) is 11.5 Å². The van der Waals surface area contributed by atoms with Crippen molar-refractivity contribution < 1.29 is 19.7 Å². The summed E-state index contributed by atoms with van der Waals surface area (Å²) in [5.41, 5.74) is 0. The number of hydrogen-bond donors (Lipinski definition) is 2. The van der Waals surface area contributed by atoms with E-state index in [4.69, 9.17) is 4.74 Å². The van der Waals surface area contributed by atoms with E-state index in [0.29, 0.717) is 5.22 Å². The molecule has 2 rings (SSSR count). The zero-order valence-electron chi connectivity index (χ0n) is 8.10. The van der Waals surface area contributed by atoms with Gasteiger partial charge in [0, 0.05) is 0 Å². The fourth-order valence-corrected chi connectivity index (χ4v) is 1.56. The quantitative estimate of drug-likeness (QED) is 0.441. The molecule has 0 bridgehead atoms. The highest BCUT2D eigenvalue weighted by molar-refractivity contribution is 5.88. The summed E-state index contributed by atoms with van der Waals surface area (Å²) in [4.78, 5) is 11.1. The first kappa shape index (κ1) is 9.73. The Morgan fingerprint density at radius 2 is 2.20 bits per heavy atom. The van der Waals surface area contributed by atoms with Gasteiger partial charge >= 0.3 is 5.97 Å². The van der Waals surface area contributed by atoms with Crippen molar-refractivity contribution in [2.24, 2.45) is 0 Å². The number of rotatable bonds is 0. The lowest BCUT2D eigenvalue weighted by Crippen LogP contribution is -2.42. The number of fused-ring (bicyclic) bond motifs is 1. The van der Waals surface area contributed by atoms with E-state index in [2.05, 4.69) is 0 Å². The van der Waals surface area contributed by atoms with E-state index in [1.807, 2.05) is 0 Å². The summed E-state index contributed by atoms with van der Waals surface area (Å²) in [6, 6.07) is 5.05. The Hall–Kier alpha value is -1.81. The number of carbonyl (C=O) groups is 1. The smallest absolute Gasteiger partial charge is 0.348 e. The maximum atomic E-state index is 11.1. The molecule has 4 nitrogen and oxygen atoms in total. The zero-order valence-corrected chi connectivity index (χ0v) is 8.10. The molecular formula is C11H10O4. The molecule has 15 heavy (non-hydrogen) atoms. The molecule has 0 saturated heterocycles. The molecule has 2 N–H and O–H groups in total. The van der Waals surface area contributed by atoms with Gasteiger partial charge in [-0.3, -0.25) is 0 Å². The fraction of sp³-hybridized carbons (Fsp3) is 0.182. The maximum absolute atomic E-state index is 11.1. The standard InChI is InChI=1S/C11H10O4/c1-2-6-4-3-5-7-8(6)9(12)10(13)11(14)15-7/h2-5,10,12-13H,1H3. The summed E-state index contributed by atoms with van der Waals surface area (Å²) in [5.74, 6) is -0.929. The molecule has 0 spiro atoms. The number of benzene rings is 1. The largest absolute Gasteiger partial charge is 0.508 e. The van der Waals surface area contributed by atoms with Crippen LogP contribution in [0.3, 0.4) is 0 Å². The summed E-state index contributed by atoms with van der Waals surface area (Å²) in [6.45, 7) is 1.80. The number of aliphatic hydroxyl groups excluding tert-OH is 2. The summed E-state index contributed by atoms with van der Waals surface area (Å²) >= 11 is 0. The Labute approximate surface area is 85.7 Å². The van der Waals surface area contributed by atoms with Crippen LogP contribution in [-0.4, -0.2) is 22.3 Å². The van der Waals surface area contributed by atoms with Crippen LogP contribution in [0.5, 0.6) is 5.75 Å². The van der Waals surface area contributed by atoms with Crippen LogP contribution in [0.25, 0.3) is 11.8 Å². The molecule has 78 valence electrons. The molecule has 0 aliphatic carbocycles. The predicted molar refractivity (Wildman–Crippen MR) is 53.5 cm³/mol. The molecule has 1 aliphatic rings. The van der Waals surface area contributed by atoms with Gasteiger partial charge in [0.2, 0.25) is 6.10 Å². The first-order valence-electron chi connectivity index (χ1n) is 4.53. The average Bonchev–Trinajstić information content (AvgIpc) is 2.25. The summed E-state index contributed by atoms with van der Waals surface area (Å²) in [5, 5.41) is 20.1. The Morgan fingerprint density at radius 3 is 2.87 bits per heavy atom. The zero-order chi connectivity index (χ0) is 11.0. The molecule has 1 aromatic carbocycles. The van der Waals surface area contributed by atoms with E-state index in [9.17, 15) is 15.0 Å². The second kappa shape index (κ2) is 3.40. The van der Waals surface area contributed by atoms with Crippen molar-refractivity contribution in [3.8, 4) is 5.75 Å². The molecule has 0 amide bonds. The number of hydrogen-bond acceptors (Lipinski definition) is 4. The van der Waals surface area contributed by atoms with E-state index in [1.54, 1.807) is 31.2 Å². The van der Waals surface area contributed by atoms with Crippen LogP contribution in [-0.2, 0) is 4.79 Å². The predicted octanol–water partition coefficient (Wildman–Crippen LogP) is -0.567. The van der Waals surface area contributed by atoms with Gasteiger partial charge < -0.3 is 14.9 Å². The van der Waals surface area contributed by atoms with Crippen LogP contribution in [0.4, 0.5) is 0 Å². The van der Waals surface area contributed by atoms with Gasteiger partial charge in [-0.05, 0) is 18.2 Å². The van der Waals surface area contributed by atoms with Gasteiger partial charge in [0.25, 0.3) is 0 Å². The lowest BCUT2D eigenvalue weighted by Gasteiger charge is -2.16. The Balaban J connectivity index is 2.89. The Kier molecular flexibility index (Phi) is 2.21. The van der Waals surface area contributed by atoms with Gasteiger partial charge in [0.05, 0.1) is 5.22 Å². The van der Waals surface area contributed by atoms with Gasteiger partial charge in [-0.1, -0.05) is 18.2 Å². The van der Waals surface area contributed by atoms with E-state index < -0.39 is 12.1 Å². The maximum Gasteiger partial charge on any atom is 0.348 e. The van der Waals surface area contributed by atoms with E-state index >= 15 is 0 Å². The first-order valence-corrected chi connectivity index (χ1v) is 4.53. The second-order valence-corrected chi connectivity index (χ2v) is 3.22. The lowest BCUT2D eigenvalue weighted by atomic mass is 10.1. The summed E-state index contributed by atoms with van der Waals surface area (Å²) < 4.78 is 4.87. The van der Waals surface area contributed by atoms with Crippen LogP contribution < -0.4 is 15.2 Å². The van der Waals surface area contributed by atoms with Crippen molar-refractivity contribution in [3.63, 3.8) is 0 Å². The molecule has 0 saturated carbocycles. The van der Waals surface area contributed by atoms with Crippen LogP contribution in [0.1, 0.15) is 6.92 Å². The van der Waals surface area contributed by atoms with Crippen LogP contribution >= 0.6 is 0 Å². The molecule has 0 fully saturated rings. The van der Waals surface area contributed by atoms with Crippen molar-refractivity contribution in [1.29, 1.82) is 0 Å². The van der Waals surface area contributed by atoms with Crippen molar-refractivity contribution in [3.05, 3.63) is 28.6 Å². The van der Waals surface area contributed by atoms with Gasteiger partial charge in [0.15, 0.2) is 0 Å². The summed E-state index contributed by atoms with van der Waals surface area (Å²) in [6.07, 6.45) is 0.180. The monoisotopic (exact) mass is 206 g/mol. The number of aliphatic hydroxyl groups is 2. The third-order valence-corrected chi connectivity index (χ3v) is 2.32. The summed E-state index contributed by atoms with van der Waals surface area (Å²) in [7, 11) is 0. The SMILES string of the molecule is CC=c1cccc2c1=C(O)C(O)C(=O)O2. The van der Waals surface area contributed by atoms with E-state index in [1.165, 1.54) is 0 Å². The normalized spacial score (nSPS) is 21.2. The molecule has 0 aromatic heterocycles. The van der Waals surface area contributed by atoms with E-state index in [-0.39, 0.29) is 11.5 Å². The molecule has 1 unspecified atom stereocenters. The van der Waals surface area contributed by atoms with Crippen LogP contribution in [0.2, 0.25) is 0 Å². The average molecular weight is 206 g/mol. The molecule has 1 heterocycles. The molecule has 0 radical (unpaired) electrons. The number of esters is 1. The molecule has 4 heteroatoms. The van der Waals surface area contributed by atoms with Gasteiger partial charge in [-0.25, -0.2) is 4.79 Å². The van der Waals surface area contributed by atoms with Crippen LogP contribution in [0.15, 0.2) is 18.2 Å². The highest BCUT2D eigenvalue weighted by atomic mass is 16.6. The number of carbonyl (C=O) groups excluding carboxylic acids is 1. The minimum atomic E-state index is -1.58. The number of ether oxygens (including phenoxy) is 1. The first-order chi connectivity index (χ1) is 7.15. The van der Waals surface area contributed by atoms with Gasteiger partial charge in [-0.2, -0.15) is 0 Å². The Morgan fingerprint density at radius 1 is 1.47 bits per heavy atom. The van der Waals surface area contributed by atoms with Crippen molar-refractivity contribution in [1.82, 2.24) is 0 Å².